The number of amides is 1. The Morgan fingerprint density at radius 3 is 2.64 bits per heavy atom. The van der Waals surface area contributed by atoms with Crippen LogP contribution in [0.4, 0.5) is 5.69 Å². The number of halogens is 3. The number of ether oxygens (including phenoxy) is 2. The van der Waals surface area contributed by atoms with Gasteiger partial charge in [-0.1, -0.05) is 87.4 Å². The summed E-state index contributed by atoms with van der Waals surface area (Å²) in [7, 11) is 1.56. The summed E-state index contributed by atoms with van der Waals surface area (Å²) in [6.07, 6.45) is 1.76. The summed E-state index contributed by atoms with van der Waals surface area (Å²) in [5.74, 6) is 0.840. The quantitative estimate of drug-likeness (QED) is 0.220. The summed E-state index contributed by atoms with van der Waals surface area (Å²) in [6, 6.07) is 18.2. The smallest absolute Gasteiger partial charge is 0.270 e. The molecule has 9 heteroatoms. The Morgan fingerprint density at radius 2 is 1.91 bits per heavy atom. The SMILES string of the molecule is COc1cccc(/C=C2/SC(=S)N(c3cccc(Br)c3)C2=O)c1OCc1ccc(Cl)cc1Cl. The molecule has 33 heavy (non-hydrogen) atoms. The van der Waals surface area contributed by atoms with Gasteiger partial charge in [-0.05, 0) is 42.5 Å². The summed E-state index contributed by atoms with van der Waals surface area (Å²) in [5.41, 5.74) is 2.17. The Bertz CT molecular complexity index is 1280. The third-order valence-corrected chi connectivity index (χ3v) is 7.15. The minimum atomic E-state index is -0.197. The molecule has 0 aromatic heterocycles. The number of para-hydroxylation sites is 1. The van der Waals surface area contributed by atoms with Gasteiger partial charge in [0, 0.05) is 25.6 Å². The van der Waals surface area contributed by atoms with Gasteiger partial charge in [-0.15, -0.1) is 0 Å². The third-order valence-electron chi connectivity index (χ3n) is 4.76. The lowest BCUT2D eigenvalue weighted by Crippen LogP contribution is -2.27. The number of nitrogens with zero attached hydrogens (tertiary/aromatic N) is 1. The van der Waals surface area contributed by atoms with E-state index in [0.29, 0.717) is 42.0 Å². The van der Waals surface area contributed by atoms with Crippen LogP contribution >= 0.6 is 63.1 Å². The van der Waals surface area contributed by atoms with E-state index < -0.39 is 0 Å². The summed E-state index contributed by atoms with van der Waals surface area (Å²) in [4.78, 5) is 15.2. The largest absolute Gasteiger partial charge is 0.493 e. The molecule has 3 aromatic carbocycles. The normalized spacial score (nSPS) is 14.8. The van der Waals surface area contributed by atoms with Crippen LogP contribution in [0.15, 0.2) is 70.0 Å². The molecular weight excluding hydrogens is 565 g/mol. The molecule has 1 saturated heterocycles. The van der Waals surface area contributed by atoms with Crippen LogP contribution in [0.2, 0.25) is 10.0 Å². The van der Waals surface area contributed by atoms with E-state index in [1.165, 1.54) is 16.7 Å². The van der Waals surface area contributed by atoms with Crippen molar-refractivity contribution in [3.63, 3.8) is 0 Å². The molecule has 1 amide bonds. The Balaban J connectivity index is 1.65. The maximum absolute atomic E-state index is 13.2. The maximum Gasteiger partial charge on any atom is 0.270 e. The van der Waals surface area contributed by atoms with Crippen LogP contribution in [-0.4, -0.2) is 17.3 Å². The van der Waals surface area contributed by atoms with Gasteiger partial charge in [-0.25, -0.2) is 0 Å². The zero-order valence-corrected chi connectivity index (χ0v) is 21.9. The number of carbonyl (C=O) groups excluding carboxylic acids is 1. The Hall–Kier alpha value is -2.03. The molecule has 0 radical (unpaired) electrons. The van der Waals surface area contributed by atoms with E-state index in [4.69, 9.17) is 44.9 Å². The van der Waals surface area contributed by atoms with Crippen molar-refractivity contribution in [2.45, 2.75) is 6.61 Å². The molecule has 0 spiro atoms. The molecule has 0 aliphatic carbocycles. The first-order chi connectivity index (χ1) is 15.9. The molecule has 0 unspecified atom stereocenters. The van der Waals surface area contributed by atoms with Crippen LogP contribution in [0.3, 0.4) is 0 Å². The summed E-state index contributed by atoms with van der Waals surface area (Å²) >= 11 is 22.4. The fourth-order valence-corrected chi connectivity index (χ4v) is 5.34. The molecule has 4 rings (SSSR count). The van der Waals surface area contributed by atoms with Crippen LogP contribution in [0.25, 0.3) is 6.08 Å². The summed E-state index contributed by atoms with van der Waals surface area (Å²) in [6.45, 7) is 0.205. The van der Waals surface area contributed by atoms with Crippen molar-refractivity contribution < 1.29 is 14.3 Å². The van der Waals surface area contributed by atoms with Gasteiger partial charge in [0.1, 0.15) is 6.61 Å². The lowest BCUT2D eigenvalue weighted by atomic mass is 10.1. The van der Waals surface area contributed by atoms with Gasteiger partial charge in [0.2, 0.25) is 0 Å². The zero-order valence-electron chi connectivity index (χ0n) is 17.2. The number of rotatable bonds is 6. The molecule has 0 atom stereocenters. The van der Waals surface area contributed by atoms with Crippen molar-refractivity contribution in [1.82, 2.24) is 0 Å². The van der Waals surface area contributed by atoms with Gasteiger partial charge in [0.05, 0.1) is 17.7 Å². The molecule has 168 valence electrons. The molecule has 4 nitrogen and oxygen atoms in total. The van der Waals surface area contributed by atoms with Crippen molar-refractivity contribution >= 4 is 85.1 Å². The number of carbonyl (C=O) groups is 1. The van der Waals surface area contributed by atoms with Gasteiger partial charge in [-0.3, -0.25) is 9.69 Å². The van der Waals surface area contributed by atoms with Crippen LogP contribution in [0.1, 0.15) is 11.1 Å². The van der Waals surface area contributed by atoms with E-state index >= 15 is 0 Å². The first-order valence-corrected chi connectivity index (χ1v) is 12.4. The van der Waals surface area contributed by atoms with E-state index in [-0.39, 0.29) is 12.5 Å². The van der Waals surface area contributed by atoms with E-state index in [9.17, 15) is 4.79 Å². The Labute approximate surface area is 219 Å². The molecule has 1 aliphatic rings. The highest BCUT2D eigenvalue weighted by atomic mass is 79.9. The van der Waals surface area contributed by atoms with Crippen molar-refractivity contribution in [3.8, 4) is 11.5 Å². The third kappa shape index (κ3) is 5.39. The van der Waals surface area contributed by atoms with Crippen LogP contribution in [0, 0.1) is 0 Å². The van der Waals surface area contributed by atoms with Gasteiger partial charge >= 0.3 is 0 Å². The predicted molar refractivity (Wildman–Crippen MR) is 144 cm³/mol. The van der Waals surface area contributed by atoms with Crippen LogP contribution < -0.4 is 14.4 Å². The first-order valence-electron chi connectivity index (χ1n) is 9.64. The van der Waals surface area contributed by atoms with Crippen molar-refractivity contribution in [2.75, 3.05) is 12.0 Å². The summed E-state index contributed by atoms with van der Waals surface area (Å²) in [5, 5.41) is 1.06. The number of thioether (sulfide) groups is 1. The van der Waals surface area contributed by atoms with Crippen molar-refractivity contribution in [1.29, 1.82) is 0 Å². The molecule has 0 bridgehead atoms. The highest BCUT2D eigenvalue weighted by molar-refractivity contribution is 9.10. The molecular formula is C24H16BrCl2NO3S2. The minimum absolute atomic E-state index is 0.197. The molecule has 0 saturated carbocycles. The number of hydrogen-bond acceptors (Lipinski definition) is 5. The van der Waals surface area contributed by atoms with Gasteiger partial charge < -0.3 is 9.47 Å². The van der Waals surface area contributed by atoms with Crippen LogP contribution in [0.5, 0.6) is 11.5 Å². The number of hydrogen-bond donors (Lipinski definition) is 0. The predicted octanol–water partition coefficient (Wildman–Crippen LogP) is 7.75. The maximum atomic E-state index is 13.2. The van der Waals surface area contributed by atoms with Crippen molar-refractivity contribution in [2.24, 2.45) is 0 Å². The molecule has 0 N–H and O–H groups in total. The lowest BCUT2D eigenvalue weighted by molar-refractivity contribution is -0.113. The first kappa shape index (κ1) is 24.1. The highest BCUT2D eigenvalue weighted by Gasteiger charge is 2.33. The second-order valence-corrected chi connectivity index (χ2v) is 10.3. The topological polar surface area (TPSA) is 38.8 Å². The highest BCUT2D eigenvalue weighted by Crippen LogP contribution is 2.40. The number of anilines is 1. The van der Waals surface area contributed by atoms with E-state index in [0.717, 1.165) is 10.0 Å². The fraction of sp³-hybridized carbons (Fsp3) is 0.0833. The summed E-state index contributed by atoms with van der Waals surface area (Å²) < 4.78 is 12.9. The van der Waals surface area contributed by atoms with Gasteiger partial charge in [0.25, 0.3) is 5.91 Å². The van der Waals surface area contributed by atoms with E-state index in [1.807, 2.05) is 42.5 Å². The Kier molecular flexibility index (Phi) is 7.66. The number of thiocarbonyl (C=S) groups is 1. The number of methoxy groups -OCH3 is 1. The average Bonchev–Trinajstić information content (AvgIpc) is 3.06. The van der Waals surface area contributed by atoms with E-state index in [1.54, 1.807) is 31.4 Å². The second-order valence-electron chi connectivity index (χ2n) is 6.90. The average molecular weight is 581 g/mol. The standard InChI is InChI=1S/C24H16BrCl2NO3S2/c1-30-20-7-2-4-14(22(20)31-13-15-8-9-17(26)12-19(15)27)10-21-23(29)28(24(32)33-21)18-6-3-5-16(25)11-18/h2-12H,13H2,1H3/b21-10+. The molecule has 1 aliphatic heterocycles. The van der Waals surface area contributed by atoms with E-state index in [2.05, 4.69) is 15.9 Å². The van der Waals surface area contributed by atoms with Gasteiger partial charge in [0.15, 0.2) is 15.8 Å². The lowest BCUT2D eigenvalue weighted by Gasteiger charge is -2.15. The van der Waals surface area contributed by atoms with Crippen molar-refractivity contribution in [3.05, 3.63) is 91.2 Å². The number of benzene rings is 3. The minimum Gasteiger partial charge on any atom is -0.493 e. The Morgan fingerprint density at radius 1 is 1.12 bits per heavy atom. The second kappa shape index (κ2) is 10.5. The van der Waals surface area contributed by atoms with Gasteiger partial charge in [-0.2, -0.15) is 0 Å². The zero-order chi connectivity index (χ0) is 23.5. The monoisotopic (exact) mass is 579 g/mol. The molecule has 1 heterocycles. The molecule has 3 aromatic rings. The van der Waals surface area contributed by atoms with Crippen LogP contribution in [-0.2, 0) is 11.4 Å². The fourth-order valence-electron chi connectivity index (χ4n) is 3.20. The molecule has 1 fully saturated rings.